The first-order chi connectivity index (χ1) is 10.1. The molecule has 0 bridgehead atoms. The molecular formula is C13H17FN6O. The third kappa shape index (κ3) is 3.74. The predicted octanol–water partition coefficient (Wildman–Crippen LogP) is 0.753. The van der Waals surface area contributed by atoms with Gasteiger partial charge in [0.15, 0.2) is 17.5 Å². The van der Waals surface area contributed by atoms with Crippen molar-refractivity contribution in [2.75, 3.05) is 18.4 Å². The Labute approximate surface area is 121 Å². The smallest absolute Gasteiger partial charge is 0.254 e. The van der Waals surface area contributed by atoms with Gasteiger partial charge in [-0.25, -0.2) is 14.4 Å². The molecule has 2 rings (SSSR count). The van der Waals surface area contributed by atoms with Gasteiger partial charge in [0, 0.05) is 32.8 Å². The molecule has 112 valence electrons. The lowest BCUT2D eigenvalue weighted by molar-refractivity contribution is 0.0950. The van der Waals surface area contributed by atoms with Gasteiger partial charge in [-0.15, -0.1) is 0 Å². The summed E-state index contributed by atoms with van der Waals surface area (Å²) in [4.78, 5) is 19.9. The maximum absolute atomic E-state index is 14.0. The number of aryl methyl sites for hydroxylation is 1. The van der Waals surface area contributed by atoms with E-state index in [1.165, 1.54) is 12.3 Å². The Bertz CT molecular complexity index is 627. The number of nitrogens with one attached hydrogen (secondary N) is 2. The van der Waals surface area contributed by atoms with E-state index in [2.05, 4.69) is 25.7 Å². The minimum atomic E-state index is -0.646. The highest BCUT2D eigenvalue weighted by Gasteiger charge is 2.15. The van der Waals surface area contributed by atoms with Crippen LogP contribution in [0.5, 0.6) is 0 Å². The first-order valence-corrected chi connectivity index (χ1v) is 6.63. The van der Waals surface area contributed by atoms with Crippen LogP contribution in [0.3, 0.4) is 0 Å². The largest absolute Gasteiger partial charge is 0.368 e. The Morgan fingerprint density at radius 2 is 2.24 bits per heavy atom. The maximum Gasteiger partial charge on any atom is 0.254 e. The van der Waals surface area contributed by atoms with Crippen molar-refractivity contribution < 1.29 is 9.18 Å². The second kappa shape index (κ2) is 6.78. The molecule has 2 aromatic heterocycles. The van der Waals surface area contributed by atoms with Gasteiger partial charge in [-0.2, -0.15) is 5.10 Å². The van der Waals surface area contributed by atoms with Crippen LogP contribution in [-0.4, -0.2) is 38.7 Å². The number of pyridine rings is 1. The Kier molecular flexibility index (Phi) is 4.81. The van der Waals surface area contributed by atoms with Gasteiger partial charge in [-0.1, -0.05) is 0 Å². The van der Waals surface area contributed by atoms with E-state index in [-0.39, 0.29) is 11.4 Å². The lowest BCUT2D eigenvalue weighted by Crippen LogP contribution is -2.27. The van der Waals surface area contributed by atoms with E-state index in [1.807, 2.05) is 6.92 Å². The topological polar surface area (TPSA) is 84.7 Å². The number of hydrogen-bond acceptors (Lipinski definition) is 5. The highest BCUT2D eigenvalue weighted by molar-refractivity contribution is 5.95. The zero-order chi connectivity index (χ0) is 15.2. The fourth-order valence-corrected chi connectivity index (χ4v) is 1.79. The summed E-state index contributed by atoms with van der Waals surface area (Å²) in [6.07, 6.45) is 3.47. The maximum atomic E-state index is 14.0. The molecule has 0 aromatic carbocycles. The zero-order valence-corrected chi connectivity index (χ0v) is 11.9. The van der Waals surface area contributed by atoms with Crippen LogP contribution in [0.4, 0.5) is 10.2 Å². The number of carbonyl (C=O) groups excluding carboxylic acids is 1. The lowest BCUT2D eigenvalue weighted by atomic mass is 10.2. The normalized spacial score (nSPS) is 10.4. The van der Waals surface area contributed by atoms with Crippen molar-refractivity contribution in [2.24, 2.45) is 7.05 Å². The van der Waals surface area contributed by atoms with Crippen LogP contribution in [0.2, 0.25) is 0 Å². The molecule has 2 heterocycles. The van der Waals surface area contributed by atoms with Crippen LogP contribution in [0.25, 0.3) is 0 Å². The quantitative estimate of drug-likeness (QED) is 0.821. The molecule has 0 aliphatic rings. The van der Waals surface area contributed by atoms with Gasteiger partial charge in [0.25, 0.3) is 5.91 Å². The number of nitrogens with zero attached hydrogens (tertiary/aromatic N) is 4. The second-order valence-electron chi connectivity index (χ2n) is 4.39. The molecule has 0 saturated heterocycles. The van der Waals surface area contributed by atoms with E-state index in [4.69, 9.17) is 0 Å². The molecule has 8 heteroatoms. The molecule has 0 aliphatic carbocycles. The molecule has 0 fully saturated rings. The number of carbonyl (C=O) groups is 1. The van der Waals surface area contributed by atoms with Crippen LogP contribution < -0.4 is 10.6 Å². The van der Waals surface area contributed by atoms with Gasteiger partial charge in [-0.3, -0.25) is 9.48 Å². The first-order valence-electron chi connectivity index (χ1n) is 6.63. The monoisotopic (exact) mass is 292 g/mol. The number of anilines is 1. The van der Waals surface area contributed by atoms with Crippen LogP contribution in [0.15, 0.2) is 18.6 Å². The van der Waals surface area contributed by atoms with E-state index in [1.54, 1.807) is 18.1 Å². The van der Waals surface area contributed by atoms with Crippen molar-refractivity contribution in [2.45, 2.75) is 13.3 Å². The molecule has 2 aromatic rings. The van der Waals surface area contributed by atoms with Gasteiger partial charge in [0.05, 0.1) is 5.56 Å². The molecule has 0 unspecified atom stereocenters. The Balaban J connectivity index is 1.95. The van der Waals surface area contributed by atoms with E-state index >= 15 is 0 Å². The number of amides is 1. The average Bonchev–Trinajstić information content (AvgIpc) is 2.87. The molecule has 1 amide bonds. The SMILES string of the molecule is CCNc1nccc(C(=O)NCCc2ncn(C)n2)c1F. The van der Waals surface area contributed by atoms with Crippen molar-refractivity contribution in [3.05, 3.63) is 35.8 Å². The van der Waals surface area contributed by atoms with E-state index in [0.717, 1.165) is 0 Å². The fourth-order valence-electron chi connectivity index (χ4n) is 1.79. The summed E-state index contributed by atoms with van der Waals surface area (Å²) in [7, 11) is 1.77. The summed E-state index contributed by atoms with van der Waals surface area (Å²) in [6.45, 7) is 2.69. The molecule has 0 saturated carbocycles. The molecule has 0 aliphatic heterocycles. The molecular weight excluding hydrogens is 275 g/mol. The summed E-state index contributed by atoms with van der Waals surface area (Å²) in [5.74, 6) is -0.421. The highest BCUT2D eigenvalue weighted by Crippen LogP contribution is 2.14. The predicted molar refractivity (Wildman–Crippen MR) is 75.4 cm³/mol. The molecule has 0 spiro atoms. The Morgan fingerprint density at radius 1 is 1.43 bits per heavy atom. The van der Waals surface area contributed by atoms with Crippen molar-refractivity contribution in [1.29, 1.82) is 0 Å². The second-order valence-corrected chi connectivity index (χ2v) is 4.39. The fraction of sp³-hybridized carbons (Fsp3) is 0.385. The van der Waals surface area contributed by atoms with Gasteiger partial charge < -0.3 is 10.6 Å². The third-order valence-corrected chi connectivity index (χ3v) is 2.76. The molecule has 21 heavy (non-hydrogen) atoms. The number of aromatic nitrogens is 4. The number of hydrogen-bond donors (Lipinski definition) is 2. The van der Waals surface area contributed by atoms with E-state index < -0.39 is 11.7 Å². The third-order valence-electron chi connectivity index (χ3n) is 2.76. The Hall–Kier alpha value is -2.51. The molecule has 0 atom stereocenters. The minimum Gasteiger partial charge on any atom is -0.368 e. The van der Waals surface area contributed by atoms with Gasteiger partial charge in [-0.05, 0) is 13.0 Å². The van der Waals surface area contributed by atoms with Crippen LogP contribution in [0, 0.1) is 5.82 Å². The van der Waals surface area contributed by atoms with Crippen LogP contribution in [0.1, 0.15) is 23.1 Å². The summed E-state index contributed by atoms with van der Waals surface area (Å²) < 4.78 is 15.6. The molecule has 7 nitrogen and oxygen atoms in total. The summed E-state index contributed by atoms with van der Waals surface area (Å²) in [5.41, 5.74) is -0.0325. The lowest BCUT2D eigenvalue weighted by Gasteiger charge is -2.08. The Morgan fingerprint density at radius 3 is 2.90 bits per heavy atom. The van der Waals surface area contributed by atoms with E-state index in [0.29, 0.717) is 25.3 Å². The zero-order valence-electron chi connectivity index (χ0n) is 11.9. The van der Waals surface area contributed by atoms with Crippen LogP contribution >= 0.6 is 0 Å². The highest BCUT2D eigenvalue weighted by atomic mass is 19.1. The van der Waals surface area contributed by atoms with Crippen molar-refractivity contribution in [3.8, 4) is 0 Å². The summed E-state index contributed by atoms with van der Waals surface area (Å²) in [6, 6.07) is 1.35. The van der Waals surface area contributed by atoms with Crippen molar-refractivity contribution in [1.82, 2.24) is 25.1 Å². The minimum absolute atomic E-state index is 0.0325. The number of rotatable bonds is 6. The van der Waals surface area contributed by atoms with Crippen LogP contribution in [-0.2, 0) is 13.5 Å². The summed E-state index contributed by atoms with van der Waals surface area (Å²) >= 11 is 0. The van der Waals surface area contributed by atoms with Crippen molar-refractivity contribution in [3.63, 3.8) is 0 Å². The standard InChI is InChI=1S/C13H17FN6O/c1-3-15-12-11(14)9(4-6-16-12)13(21)17-7-5-10-18-8-20(2)19-10/h4,6,8H,3,5,7H2,1-2H3,(H,15,16)(H,17,21). The van der Waals surface area contributed by atoms with Gasteiger partial charge in [0.2, 0.25) is 0 Å². The van der Waals surface area contributed by atoms with Gasteiger partial charge in [0.1, 0.15) is 6.33 Å². The number of halogens is 1. The molecule has 2 N–H and O–H groups in total. The first kappa shape index (κ1) is 14.9. The average molecular weight is 292 g/mol. The van der Waals surface area contributed by atoms with Gasteiger partial charge >= 0.3 is 0 Å². The van der Waals surface area contributed by atoms with Crippen molar-refractivity contribution >= 4 is 11.7 Å². The molecule has 0 radical (unpaired) electrons. The van der Waals surface area contributed by atoms with E-state index in [9.17, 15) is 9.18 Å². The summed E-state index contributed by atoms with van der Waals surface area (Å²) in [5, 5.41) is 9.51.